The number of nitrogens with zero attached hydrogens (tertiary/aromatic N) is 3. The van der Waals surface area contributed by atoms with Gasteiger partial charge in [-0.2, -0.15) is 5.26 Å². The number of carbonyl (C=O) groups is 2. The first-order chi connectivity index (χ1) is 17.2. The Labute approximate surface area is 214 Å². The minimum absolute atomic E-state index is 0.222. The van der Waals surface area contributed by atoms with Gasteiger partial charge in [-0.15, -0.1) is 0 Å². The summed E-state index contributed by atoms with van der Waals surface area (Å²) in [6.45, 7) is 7.69. The summed E-state index contributed by atoms with van der Waals surface area (Å²) < 4.78 is 11.1. The third-order valence-electron chi connectivity index (χ3n) is 7.52. The number of ether oxygens (including phenoxy) is 2. The largest absolute Gasteiger partial charge is 0.475 e. The van der Waals surface area contributed by atoms with Crippen LogP contribution in [0, 0.1) is 17.2 Å². The summed E-state index contributed by atoms with van der Waals surface area (Å²) in [6.07, 6.45) is 6.65. The van der Waals surface area contributed by atoms with Crippen molar-refractivity contribution in [3.63, 3.8) is 0 Å². The number of hydrogen-bond donors (Lipinski definition) is 3. The van der Waals surface area contributed by atoms with E-state index in [1.54, 1.807) is 4.90 Å². The van der Waals surface area contributed by atoms with E-state index in [-0.39, 0.29) is 18.0 Å². The summed E-state index contributed by atoms with van der Waals surface area (Å²) in [4.78, 5) is 29.9. The van der Waals surface area contributed by atoms with Gasteiger partial charge in [-0.25, -0.2) is 4.79 Å². The van der Waals surface area contributed by atoms with Crippen LogP contribution in [-0.2, 0) is 14.3 Å². The summed E-state index contributed by atoms with van der Waals surface area (Å²) in [7, 11) is -1.70. The molecule has 200 valence electrons. The molecule has 0 aromatic heterocycles. The highest BCUT2D eigenvalue weighted by molar-refractivity contribution is 6.43. The number of hydrogen-bond acceptors (Lipinski definition) is 8. The van der Waals surface area contributed by atoms with E-state index >= 15 is 0 Å². The zero-order valence-electron chi connectivity index (χ0n) is 21.7. The predicted molar refractivity (Wildman–Crippen MR) is 135 cm³/mol. The Morgan fingerprint density at radius 2 is 2.03 bits per heavy atom. The Hall–Kier alpha value is -2.13. The number of carbonyl (C=O) groups excluding carboxylic acids is 2. The zero-order chi connectivity index (χ0) is 26.1. The van der Waals surface area contributed by atoms with Gasteiger partial charge in [-0.1, -0.05) is 11.6 Å². The first-order valence-corrected chi connectivity index (χ1v) is 13.2. The molecular weight excluding hydrogens is 463 g/mol. The maximum Gasteiger partial charge on any atom is 0.475 e. The van der Waals surface area contributed by atoms with E-state index in [4.69, 9.17) is 9.47 Å². The lowest BCUT2D eigenvalue weighted by molar-refractivity contribution is -0.136. The molecule has 1 aliphatic carbocycles. The first kappa shape index (κ1) is 28.4. The van der Waals surface area contributed by atoms with Crippen LogP contribution in [0.1, 0.15) is 65.2 Å². The molecule has 10 nitrogen and oxygen atoms in total. The number of nitrogens with one attached hydrogen (secondary N) is 1. The second kappa shape index (κ2) is 13.4. The zero-order valence-corrected chi connectivity index (χ0v) is 21.7. The fourth-order valence-corrected chi connectivity index (χ4v) is 5.38. The summed E-state index contributed by atoms with van der Waals surface area (Å²) in [5.74, 6) is -1.87. The molecule has 0 saturated carbocycles. The van der Waals surface area contributed by atoms with Crippen LogP contribution in [0.15, 0.2) is 11.6 Å². The molecule has 0 aromatic carbocycles. The highest BCUT2D eigenvalue weighted by atomic mass is 16.6. The lowest BCUT2D eigenvalue weighted by Gasteiger charge is -2.42. The van der Waals surface area contributed by atoms with E-state index in [1.807, 2.05) is 0 Å². The van der Waals surface area contributed by atoms with Gasteiger partial charge in [-0.3, -0.25) is 9.69 Å². The molecule has 0 spiro atoms. The maximum atomic E-state index is 13.4. The van der Waals surface area contributed by atoms with E-state index in [9.17, 15) is 24.9 Å². The molecule has 0 bridgehead atoms. The van der Waals surface area contributed by atoms with Crippen molar-refractivity contribution in [2.75, 3.05) is 39.4 Å². The lowest BCUT2D eigenvalue weighted by Crippen LogP contribution is -2.52. The van der Waals surface area contributed by atoms with Crippen molar-refractivity contribution in [3.8, 4) is 6.07 Å². The highest BCUT2D eigenvalue weighted by Crippen LogP contribution is 2.27. The van der Waals surface area contributed by atoms with Gasteiger partial charge in [0, 0.05) is 25.2 Å². The van der Waals surface area contributed by atoms with Crippen molar-refractivity contribution in [2.45, 2.75) is 82.8 Å². The second-order valence-electron chi connectivity index (χ2n) is 10.7. The van der Waals surface area contributed by atoms with E-state index in [0.29, 0.717) is 39.0 Å². The molecule has 2 heterocycles. The Kier molecular flexibility index (Phi) is 10.6. The van der Waals surface area contributed by atoms with Gasteiger partial charge >= 0.3 is 13.2 Å². The monoisotopic (exact) mass is 504 g/mol. The van der Waals surface area contributed by atoms with Crippen molar-refractivity contribution in [1.82, 2.24) is 15.1 Å². The fraction of sp³-hybridized carbons (Fsp3) is 0.800. The first-order valence-electron chi connectivity index (χ1n) is 13.2. The smallest absolute Gasteiger partial charge is 0.444 e. The van der Waals surface area contributed by atoms with Crippen molar-refractivity contribution in [2.24, 2.45) is 5.92 Å². The molecule has 3 N–H and O–H groups in total. The van der Waals surface area contributed by atoms with Gasteiger partial charge in [0.25, 0.3) is 0 Å². The minimum atomic E-state index is -1.70. The average Bonchev–Trinajstić information content (AvgIpc) is 3.26. The lowest BCUT2D eigenvalue weighted by atomic mass is 9.76. The molecule has 3 atom stereocenters. The third-order valence-corrected chi connectivity index (χ3v) is 7.52. The normalized spacial score (nSPS) is 23.1. The molecule has 36 heavy (non-hydrogen) atoms. The SMILES string of the molecule is CC(C)(CC(C#N)C(=O)N1CCCC[C@@H](OC(=O)N[C@@H](CC2=CCCC2)B(O)O)C1)N1CCOCC1. The van der Waals surface area contributed by atoms with Gasteiger partial charge in [0.1, 0.15) is 12.0 Å². The van der Waals surface area contributed by atoms with Gasteiger partial charge in [0.05, 0.1) is 31.8 Å². The van der Waals surface area contributed by atoms with E-state index in [2.05, 4.69) is 36.2 Å². The average molecular weight is 504 g/mol. The second-order valence-corrected chi connectivity index (χ2v) is 10.7. The van der Waals surface area contributed by atoms with Crippen molar-refractivity contribution in [1.29, 1.82) is 5.26 Å². The quantitative estimate of drug-likeness (QED) is 0.319. The molecule has 3 aliphatic rings. The molecule has 2 saturated heterocycles. The highest BCUT2D eigenvalue weighted by Gasteiger charge is 2.37. The molecule has 0 radical (unpaired) electrons. The standard InChI is InChI=1S/C25H41BN4O6/c1-25(2,30-11-13-35-14-12-30)16-20(17-27)23(31)29-10-6-5-9-21(18-29)36-24(32)28-22(26(33)34)15-19-7-3-4-8-19/h7,20-22,33-34H,3-6,8-16,18H2,1-2H3,(H,28,32)/t20?,21-,22+/m1/s1. The summed E-state index contributed by atoms with van der Waals surface area (Å²) >= 11 is 0. The summed E-state index contributed by atoms with van der Waals surface area (Å²) in [5.41, 5.74) is 0.776. The molecule has 11 heteroatoms. The van der Waals surface area contributed by atoms with Gasteiger partial charge < -0.3 is 29.7 Å². The van der Waals surface area contributed by atoms with Crippen molar-refractivity contribution >= 4 is 19.1 Å². The molecule has 2 fully saturated rings. The van der Waals surface area contributed by atoms with Gasteiger partial charge in [0.2, 0.25) is 5.91 Å². The summed E-state index contributed by atoms with van der Waals surface area (Å²) in [6, 6.07) is 2.21. The number of allylic oxidation sites excluding steroid dienone is 1. The Bertz CT molecular complexity index is 824. The number of amides is 2. The Morgan fingerprint density at radius 3 is 2.67 bits per heavy atom. The van der Waals surface area contributed by atoms with Crippen LogP contribution in [0.5, 0.6) is 0 Å². The van der Waals surface area contributed by atoms with Crippen LogP contribution < -0.4 is 5.32 Å². The van der Waals surface area contributed by atoms with E-state index < -0.39 is 31.2 Å². The van der Waals surface area contributed by atoms with Crippen molar-refractivity contribution in [3.05, 3.63) is 11.6 Å². The van der Waals surface area contributed by atoms with E-state index in [1.165, 1.54) is 0 Å². The fourth-order valence-electron chi connectivity index (χ4n) is 5.38. The molecule has 0 aromatic rings. The number of alkyl carbamates (subject to hydrolysis) is 1. The topological polar surface area (TPSA) is 135 Å². The molecular formula is C25H41BN4O6. The molecule has 2 aliphatic heterocycles. The Balaban J connectivity index is 1.56. The molecule has 2 amide bonds. The third kappa shape index (κ3) is 8.20. The predicted octanol–water partition coefficient (Wildman–Crippen LogP) is 1.62. The van der Waals surface area contributed by atoms with Crippen molar-refractivity contribution < 1.29 is 29.1 Å². The number of nitriles is 1. The van der Waals surface area contributed by atoms with Gasteiger partial charge in [-0.05, 0) is 65.2 Å². The number of likely N-dealkylation sites (tertiary alicyclic amines) is 1. The summed E-state index contributed by atoms with van der Waals surface area (Å²) in [5, 5.41) is 31.9. The minimum Gasteiger partial charge on any atom is -0.444 e. The van der Waals surface area contributed by atoms with E-state index in [0.717, 1.165) is 50.8 Å². The number of morpholine rings is 1. The molecule has 1 unspecified atom stereocenters. The van der Waals surface area contributed by atoms with Crippen LogP contribution in [0.2, 0.25) is 0 Å². The Morgan fingerprint density at radius 1 is 1.28 bits per heavy atom. The number of rotatable bonds is 9. The van der Waals surface area contributed by atoms with Crippen LogP contribution >= 0.6 is 0 Å². The van der Waals surface area contributed by atoms with Crippen LogP contribution in [0.25, 0.3) is 0 Å². The van der Waals surface area contributed by atoms with Crippen LogP contribution in [-0.4, -0.2) is 95.9 Å². The van der Waals surface area contributed by atoms with Crippen LogP contribution in [0.4, 0.5) is 4.79 Å². The maximum absolute atomic E-state index is 13.4. The molecule has 3 rings (SSSR count). The van der Waals surface area contributed by atoms with Gasteiger partial charge in [0.15, 0.2) is 0 Å². The van der Waals surface area contributed by atoms with Crippen LogP contribution in [0.3, 0.4) is 0 Å².